The van der Waals surface area contributed by atoms with Crippen LogP contribution in [-0.2, 0) is 23.9 Å². The predicted molar refractivity (Wildman–Crippen MR) is 137 cm³/mol. The second kappa shape index (κ2) is 19.2. The summed E-state index contributed by atoms with van der Waals surface area (Å²) >= 11 is 0. The molecule has 9 nitrogen and oxygen atoms in total. The average Bonchev–Trinajstić information content (AvgIpc) is 2.75. The zero-order chi connectivity index (χ0) is 27.6. The number of rotatable bonds is 23. The second-order valence-corrected chi connectivity index (χ2v) is 10.8. The highest BCUT2D eigenvalue weighted by atomic mass is 16.6. The fraction of sp³-hybridized carbons (Fsp3) is 0.852. The highest BCUT2D eigenvalue weighted by Crippen LogP contribution is 2.19. The molecule has 0 aromatic heterocycles. The van der Waals surface area contributed by atoms with Gasteiger partial charge in [0.15, 0.2) is 23.9 Å². The Morgan fingerprint density at radius 3 is 1.58 bits per heavy atom. The van der Waals surface area contributed by atoms with Crippen LogP contribution < -0.4 is 0 Å². The first-order valence-electron chi connectivity index (χ1n) is 13.5. The fourth-order valence-electron chi connectivity index (χ4n) is 4.20. The number of unbranched alkanes of at least 4 members (excludes halogenated alkanes) is 12. The van der Waals surface area contributed by atoms with Crippen LogP contribution >= 0.6 is 0 Å². The summed E-state index contributed by atoms with van der Waals surface area (Å²) in [5.74, 6) is -6.12. The lowest BCUT2D eigenvalue weighted by molar-refractivity contribution is -0.873. The van der Waals surface area contributed by atoms with Gasteiger partial charge < -0.3 is 24.5 Å². The van der Waals surface area contributed by atoms with Gasteiger partial charge in [-0.05, 0) is 6.42 Å². The van der Waals surface area contributed by atoms with E-state index in [-0.39, 0.29) is 17.4 Å². The lowest BCUT2D eigenvalue weighted by Crippen LogP contribution is -2.50. The van der Waals surface area contributed by atoms with Crippen LogP contribution in [-0.4, -0.2) is 83.4 Å². The number of aliphatic hydroxyl groups excluding tert-OH is 1. The zero-order valence-corrected chi connectivity index (χ0v) is 22.9. The first kappa shape index (κ1) is 34.0. The van der Waals surface area contributed by atoms with E-state index in [1.54, 1.807) is 21.1 Å². The first-order valence-corrected chi connectivity index (χ1v) is 13.5. The third-order valence-corrected chi connectivity index (χ3v) is 6.15. The molecule has 0 aromatic carbocycles. The lowest BCUT2D eigenvalue weighted by Gasteiger charge is -2.31. The zero-order valence-electron chi connectivity index (χ0n) is 22.9. The van der Waals surface area contributed by atoms with Gasteiger partial charge >= 0.3 is 17.9 Å². The summed E-state index contributed by atoms with van der Waals surface area (Å²) in [4.78, 5) is 47.7. The topological polar surface area (TPSA) is 138 Å². The van der Waals surface area contributed by atoms with Gasteiger partial charge in [0.25, 0.3) is 0 Å². The molecule has 210 valence electrons. The van der Waals surface area contributed by atoms with Crippen LogP contribution in [0.4, 0.5) is 0 Å². The molecule has 0 aliphatic carbocycles. The van der Waals surface area contributed by atoms with Crippen molar-refractivity contribution < 1.29 is 43.7 Å². The Bertz CT molecular complexity index is 659. The number of likely N-dealkylation sites (N-methyl/N-ethyl adjacent to an activating group) is 1. The maximum Gasteiger partial charge on any atom is 0.336 e. The molecule has 3 atom stereocenters. The SMILES string of the molecule is CCCCCCCCCCCCCCCC(=O)C(C(=O)O)C(C[N+](C)(C)C)OC(=O)C(O)CC(=O)O. The van der Waals surface area contributed by atoms with Gasteiger partial charge in [0.2, 0.25) is 0 Å². The Labute approximate surface area is 216 Å². The number of Topliss-reactive ketones (excluding diaryl/α,β-unsaturated/α-hetero) is 1. The van der Waals surface area contributed by atoms with E-state index >= 15 is 0 Å². The summed E-state index contributed by atoms with van der Waals surface area (Å²) in [5.41, 5.74) is 0. The number of quaternary nitrogens is 1. The standard InChI is InChI=1S/C27H49NO8/c1-5-6-7-8-9-10-11-12-13-14-15-16-17-18-21(29)25(26(33)34)23(20-28(2,3)4)36-27(35)22(30)19-24(31)32/h22-23,25,30H,5-20H2,1-4H3,(H-,31,32,33,34)/p+1. The number of hydrogen-bond acceptors (Lipinski definition) is 6. The summed E-state index contributed by atoms with van der Waals surface area (Å²) in [7, 11) is 5.26. The number of carbonyl (C=O) groups excluding carboxylic acids is 2. The molecule has 0 saturated carbocycles. The van der Waals surface area contributed by atoms with Crippen LogP contribution in [0.15, 0.2) is 0 Å². The Morgan fingerprint density at radius 1 is 0.750 bits per heavy atom. The van der Waals surface area contributed by atoms with Crippen LogP contribution in [0.3, 0.4) is 0 Å². The number of ketones is 1. The van der Waals surface area contributed by atoms with E-state index in [1.807, 2.05) is 0 Å². The fourth-order valence-corrected chi connectivity index (χ4v) is 4.20. The summed E-state index contributed by atoms with van der Waals surface area (Å²) in [5, 5.41) is 28.2. The molecule has 0 bridgehead atoms. The van der Waals surface area contributed by atoms with Crippen LogP contribution in [0.5, 0.6) is 0 Å². The minimum atomic E-state index is -1.93. The number of carbonyl (C=O) groups is 4. The molecule has 0 saturated heterocycles. The highest BCUT2D eigenvalue weighted by molar-refractivity contribution is 5.99. The molecule has 0 fully saturated rings. The van der Waals surface area contributed by atoms with Gasteiger partial charge in [0, 0.05) is 6.42 Å². The van der Waals surface area contributed by atoms with Gasteiger partial charge in [-0.1, -0.05) is 84.0 Å². The molecule has 0 heterocycles. The second-order valence-electron chi connectivity index (χ2n) is 10.8. The number of esters is 1. The molecule has 3 unspecified atom stereocenters. The number of carboxylic acids is 2. The van der Waals surface area contributed by atoms with Crippen molar-refractivity contribution >= 4 is 23.7 Å². The maximum absolute atomic E-state index is 12.8. The summed E-state index contributed by atoms with van der Waals surface area (Å²) in [6.07, 6.45) is 11.0. The minimum Gasteiger partial charge on any atom is -0.481 e. The minimum absolute atomic E-state index is 0.0207. The van der Waals surface area contributed by atoms with Gasteiger partial charge in [-0.15, -0.1) is 0 Å². The third-order valence-electron chi connectivity index (χ3n) is 6.15. The molecule has 0 rings (SSSR count). The molecule has 0 aromatic rings. The quantitative estimate of drug-likeness (QED) is 0.0795. The number of carboxylic acid groups (broad SMARTS) is 2. The average molecular weight is 517 g/mol. The largest absolute Gasteiger partial charge is 0.481 e. The molecule has 0 aliphatic heterocycles. The number of nitrogens with zero attached hydrogens (tertiary/aromatic N) is 1. The highest BCUT2D eigenvalue weighted by Gasteiger charge is 2.41. The van der Waals surface area contributed by atoms with Crippen molar-refractivity contribution in [2.24, 2.45) is 5.92 Å². The summed E-state index contributed by atoms with van der Waals surface area (Å²) < 4.78 is 5.39. The molecular weight excluding hydrogens is 466 g/mol. The van der Waals surface area contributed by atoms with Gasteiger partial charge in [-0.25, -0.2) is 4.79 Å². The van der Waals surface area contributed by atoms with Crippen LogP contribution in [0, 0.1) is 5.92 Å². The lowest BCUT2D eigenvalue weighted by atomic mass is 9.92. The van der Waals surface area contributed by atoms with Crippen molar-refractivity contribution in [3.8, 4) is 0 Å². The van der Waals surface area contributed by atoms with Gasteiger partial charge in [0.1, 0.15) is 6.54 Å². The van der Waals surface area contributed by atoms with Gasteiger partial charge in [0.05, 0.1) is 27.6 Å². The van der Waals surface area contributed by atoms with Crippen molar-refractivity contribution in [2.75, 3.05) is 27.7 Å². The Balaban J connectivity index is 4.57. The van der Waals surface area contributed by atoms with Crippen LogP contribution in [0.1, 0.15) is 103 Å². The normalized spacial score (nSPS) is 14.1. The smallest absolute Gasteiger partial charge is 0.336 e. The number of hydrogen-bond donors (Lipinski definition) is 3. The van der Waals surface area contributed by atoms with E-state index in [9.17, 15) is 29.4 Å². The van der Waals surface area contributed by atoms with Gasteiger partial charge in [-0.2, -0.15) is 0 Å². The maximum atomic E-state index is 12.8. The van der Waals surface area contributed by atoms with E-state index in [1.165, 1.54) is 57.8 Å². The molecule has 3 N–H and O–H groups in total. The Kier molecular flexibility index (Phi) is 18.1. The van der Waals surface area contributed by atoms with E-state index in [2.05, 4.69) is 6.92 Å². The van der Waals surface area contributed by atoms with Crippen molar-refractivity contribution in [1.82, 2.24) is 0 Å². The van der Waals surface area contributed by atoms with Gasteiger partial charge in [-0.3, -0.25) is 14.4 Å². The van der Waals surface area contributed by atoms with E-state index in [0.29, 0.717) is 6.42 Å². The van der Waals surface area contributed by atoms with Crippen molar-refractivity contribution in [3.05, 3.63) is 0 Å². The molecule has 0 spiro atoms. The third kappa shape index (κ3) is 17.4. The summed E-state index contributed by atoms with van der Waals surface area (Å²) in [6.45, 7) is 2.24. The molecule has 9 heteroatoms. The number of ether oxygens (including phenoxy) is 1. The molecule has 0 radical (unpaired) electrons. The van der Waals surface area contributed by atoms with Crippen molar-refractivity contribution in [1.29, 1.82) is 0 Å². The first-order chi connectivity index (χ1) is 16.9. The monoisotopic (exact) mass is 516 g/mol. The number of aliphatic carboxylic acids is 2. The number of aliphatic hydroxyl groups is 1. The van der Waals surface area contributed by atoms with E-state index in [4.69, 9.17) is 9.84 Å². The van der Waals surface area contributed by atoms with Crippen LogP contribution in [0.25, 0.3) is 0 Å². The predicted octanol–water partition coefficient (Wildman–Crippen LogP) is 4.19. The van der Waals surface area contributed by atoms with Crippen LogP contribution in [0.2, 0.25) is 0 Å². The molecule has 36 heavy (non-hydrogen) atoms. The molecule has 0 aliphatic rings. The van der Waals surface area contributed by atoms with E-state index in [0.717, 1.165) is 19.3 Å². The van der Waals surface area contributed by atoms with Crippen molar-refractivity contribution in [3.63, 3.8) is 0 Å². The molecule has 0 amide bonds. The molecular formula is C27H50NO8+. The summed E-state index contributed by atoms with van der Waals surface area (Å²) in [6, 6.07) is 0. The Morgan fingerprint density at radius 2 is 1.19 bits per heavy atom. The van der Waals surface area contributed by atoms with E-state index < -0.39 is 48.2 Å². The van der Waals surface area contributed by atoms with Crippen molar-refractivity contribution in [2.45, 2.75) is 115 Å². The Hall–Kier alpha value is -2.00.